The topological polar surface area (TPSA) is 51.2 Å². The Morgan fingerprint density at radius 2 is 2.24 bits per heavy atom. The van der Waals surface area contributed by atoms with Gasteiger partial charge < -0.3 is 10.1 Å². The highest BCUT2D eigenvalue weighted by Gasteiger charge is 2.20. The van der Waals surface area contributed by atoms with Crippen LogP contribution in [0.1, 0.15) is 25.0 Å². The summed E-state index contributed by atoms with van der Waals surface area (Å²) in [6, 6.07) is 2.06. The molecule has 0 spiro atoms. The zero-order valence-corrected chi connectivity index (χ0v) is 10.9. The summed E-state index contributed by atoms with van der Waals surface area (Å²) in [7, 11) is 1.42. The molecule has 0 amide bonds. The van der Waals surface area contributed by atoms with E-state index >= 15 is 0 Å². The normalized spacial score (nSPS) is 14.1. The fourth-order valence-corrected chi connectivity index (χ4v) is 1.54. The molecule has 0 aliphatic heterocycles. The maximum Gasteiger partial charge on any atom is 0.309 e. The van der Waals surface area contributed by atoms with E-state index in [1.807, 2.05) is 33.0 Å². The number of nitrogens with zero attached hydrogens (tertiary/aromatic N) is 1. The van der Waals surface area contributed by atoms with Gasteiger partial charge in [-0.25, -0.2) is 0 Å². The van der Waals surface area contributed by atoms with Gasteiger partial charge in [-0.05, 0) is 31.0 Å². The van der Waals surface area contributed by atoms with Gasteiger partial charge in [0.1, 0.15) is 0 Å². The second-order valence-electron chi connectivity index (χ2n) is 4.28. The predicted octanol–water partition coefficient (Wildman–Crippen LogP) is 1.68. The van der Waals surface area contributed by atoms with E-state index in [9.17, 15) is 4.79 Å². The van der Waals surface area contributed by atoms with Crippen LogP contribution < -0.4 is 5.32 Å². The van der Waals surface area contributed by atoms with Crippen molar-refractivity contribution in [3.8, 4) is 0 Å². The molecule has 1 N–H and O–H groups in total. The molecule has 0 bridgehead atoms. The molecule has 0 aliphatic rings. The predicted molar refractivity (Wildman–Crippen MR) is 66.5 cm³/mol. The molecule has 2 atom stereocenters. The minimum absolute atomic E-state index is 0.0787. The highest BCUT2D eigenvalue weighted by Crippen LogP contribution is 2.08. The Balaban J connectivity index is 2.51. The fraction of sp³-hybridized carbons (Fsp3) is 0.538. The van der Waals surface area contributed by atoms with Crippen LogP contribution in [0.5, 0.6) is 0 Å². The molecule has 0 radical (unpaired) electrons. The number of carbonyl (C=O) groups excluding carboxylic acids is 1. The lowest BCUT2D eigenvalue weighted by molar-refractivity contribution is -0.145. The molecule has 0 saturated carbocycles. The number of pyridine rings is 1. The van der Waals surface area contributed by atoms with Gasteiger partial charge in [-0.1, -0.05) is 6.92 Å². The maximum absolute atomic E-state index is 11.4. The molecule has 2 unspecified atom stereocenters. The maximum atomic E-state index is 11.4. The Kier molecular flexibility index (Phi) is 5.10. The number of aromatic nitrogens is 1. The van der Waals surface area contributed by atoms with E-state index in [4.69, 9.17) is 4.74 Å². The third-order valence-corrected chi connectivity index (χ3v) is 3.07. The molecule has 1 aromatic heterocycles. The van der Waals surface area contributed by atoms with Crippen molar-refractivity contribution < 1.29 is 9.53 Å². The largest absolute Gasteiger partial charge is 0.469 e. The van der Waals surface area contributed by atoms with Crippen LogP contribution in [0, 0.1) is 12.8 Å². The van der Waals surface area contributed by atoms with Crippen molar-refractivity contribution in [2.75, 3.05) is 7.11 Å². The van der Waals surface area contributed by atoms with E-state index in [0.29, 0.717) is 0 Å². The summed E-state index contributed by atoms with van der Waals surface area (Å²) in [5.74, 6) is -0.335. The van der Waals surface area contributed by atoms with Gasteiger partial charge in [-0.3, -0.25) is 9.78 Å². The first-order chi connectivity index (χ1) is 8.06. The molecule has 17 heavy (non-hydrogen) atoms. The SMILES string of the molecule is COC(=O)C(C)C(C)NCc1ccncc1C. The van der Waals surface area contributed by atoms with E-state index in [0.717, 1.165) is 12.1 Å². The molecule has 1 rings (SSSR count). The number of carbonyl (C=O) groups is 1. The van der Waals surface area contributed by atoms with Gasteiger partial charge in [-0.15, -0.1) is 0 Å². The summed E-state index contributed by atoms with van der Waals surface area (Å²) in [5, 5.41) is 3.33. The lowest BCUT2D eigenvalue weighted by Crippen LogP contribution is -2.36. The standard InChI is InChI=1S/C13H20N2O2/c1-9-7-14-6-5-12(9)8-15-11(3)10(2)13(16)17-4/h5-7,10-11,15H,8H2,1-4H3. The van der Waals surface area contributed by atoms with Gasteiger partial charge in [0.2, 0.25) is 0 Å². The van der Waals surface area contributed by atoms with Gasteiger partial charge in [0.15, 0.2) is 0 Å². The van der Waals surface area contributed by atoms with Crippen molar-refractivity contribution >= 4 is 5.97 Å². The number of methoxy groups -OCH3 is 1. The Morgan fingerprint density at radius 3 is 2.82 bits per heavy atom. The second kappa shape index (κ2) is 6.35. The number of hydrogen-bond acceptors (Lipinski definition) is 4. The summed E-state index contributed by atoms with van der Waals surface area (Å²) in [5.41, 5.74) is 2.35. The van der Waals surface area contributed by atoms with Crippen LogP contribution in [0.4, 0.5) is 0 Å². The minimum Gasteiger partial charge on any atom is -0.469 e. The minimum atomic E-state index is -0.184. The zero-order valence-electron chi connectivity index (χ0n) is 10.9. The molecule has 94 valence electrons. The van der Waals surface area contributed by atoms with E-state index in [-0.39, 0.29) is 17.9 Å². The average molecular weight is 236 g/mol. The third-order valence-electron chi connectivity index (χ3n) is 3.07. The molecule has 1 heterocycles. The summed E-state index contributed by atoms with van der Waals surface area (Å²) in [6.07, 6.45) is 3.61. The molecule has 4 nitrogen and oxygen atoms in total. The molecule has 0 aliphatic carbocycles. The fourth-order valence-electron chi connectivity index (χ4n) is 1.54. The van der Waals surface area contributed by atoms with Gasteiger partial charge >= 0.3 is 5.97 Å². The number of nitrogens with one attached hydrogen (secondary N) is 1. The number of ether oxygens (including phenoxy) is 1. The first kappa shape index (κ1) is 13.6. The lowest BCUT2D eigenvalue weighted by atomic mass is 10.0. The van der Waals surface area contributed by atoms with Crippen molar-refractivity contribution in [1.29, 1.82) is 0 Å². The van der Waals surface area contributed by atoms with Crippen LogP contribution in [0.15, 0.2) is 18.5 Å². The van der Waals surface area contributed by atoms with E-state index in [1.54, 1.807) is 6.20 Å². The Hall–Kier alpha value is -1.42. The summed E-state index contributed by atoms with van der Waals surface area (Å²) < 4.78 is 4.72. The van der Waals surface area contributed by atoms with Crippen LogP contribution in [-0.2, 0) is 16.1 Å². The first-order valence-corrected chi connectivity index (χ1v) is 5.77. The summed E-state index contributed by atoms with van der Waals surface area (Å²) >= 11 is 0. The van der Waals surface area contributed by atoms with E-state index in [1.165, 1.54) is 12.7 Å². The van der Waals surface area contributed by atoms with Crippen LogP contribution in [-0.4, -0.2) is 24.1 Å². The second-order valence-corrected chi connectivity index (χ2v) is 4.28. The Morgan fingerprint density at radius 1 is 1.53 bits per heavy atom. The van der Waals surface area contributed by atoms with Gasteiger partial charge in [0, 0.05) is 25.0 Å². The number of rotatable bonds is 5. The molecule has 4 heteroatoms. The molecular weight excluding hydrogens is 216 g/mol. The van der Waals surface area contributed by atoms with Crippen molar-refractivity contribution in [2.24, 2.45) is 5.92 Å². The van der Waals surface area contributed by atoms with Crippen molar-refractivity contribution in [1.82, 2.24) is 10.3 Å². The number of esters is 1. The molecule has 0 aromatic carbocycles. The smallest absolute Gasteiger partial charge is 0.309 e. The number of hydrogen-bond donors (Lipinski definition) is 1. The zero-order chi connectivity index (χ0) is 12.8. The first-order valence-electron chi connectivity index (χ1n) is 5.77. The lowest BCUT2D eigenvalue weighted by Gasteiger charge is -2.19. The Labute approximate surface area is 102 Å². The van der Waals surface area contributed by atoms with Gasteiger partial charge in [0.05, 0.1) is 13.0 Å². The van der Waals surface area contributed by atoms with Crippen LogP contribution in [0.3, 0.4) is 0 Å². The van der Waals surface area contributed by atoms with Crippen molar-refractivity contribution in [3.05, 3.63) is 29.6 Å². The Bertz CT molecular complexity index is 379. The third kappa shape index (κ3) is 3.82. The summed E-state index contributed by atoms with van der Waals surface area (Å²) in [6.45, 7) is 6.61. The average Bonchev–Trinajstić information content (AvgIpc) is 2.35. The van der Waals surface area contributed by atoms with Crippen LogP contribution >= 0.6 is 0 Å². The highest BCUT2D eigenvalue weighted by molar-refractivity contribution is 5.72. The van der Waals surface area contributed by atoms with Gasteiger partial charge in [0.25, 0.3) is 0 Å². The molecule has 1 aromatic rings. The molecule has 0 fully saturated rings. The quantitative estimate of drug-likeness (QED) is 0.790. The summed E-state index contributed by atoms with van der Waals surface area (Å²) in [4.78, 5) is 15.4. The van der Waals surface area contributed by atoms with Gasteiger partial charge in [-0.2, -0.15) is 0 Å². The highest BCUT2D eigenvalue weighted by atomic mass is 16.5. The monoisotopic (exact) mass is 236 g/mol. The number of aryl methyl sites for hydroxylation is 1. The molecule has 0 saturated heterocycles. The van der Waals surface area contributed by atoms with E-state index < -0.39 is 0 Å². The van der Waals surface area contributed by atoms with Crippen molar-refractivity contribution in [2.45, 2.75) is 33.4 Å². The van der Waals surface area contributed by atoms with Crippen molar-refractivity contribution in [3.63, 3.8) is 0 Å². The molecular formula is C13H20N2O2. The van der Waals surface area contributed by atoms with Crippen LogP contribution in [0.25, 0.3) is 0 Å². The van der Waals surface area contributed by atoms with Crippen LogP contribution in [0.2, 0.25) is 0 Å². The van der Waals surface area contributed by atoms with E-state index in [2.05, 4.69) is 10.3 Å².